The monoisotopic (exact) mass is 173 g/mol. The van der Waals surface area contributed by atoms with Crippen molar-refractivity contribution >= 4 is 5.84 Å². The van der Waals surface area contributed by atoms with Crippen LogP contribution in [0.1, 0.15) is 27.7 Å². The third-order valence-corrected chi connectivity index (χ3v) is 1.38. The first-order valence-corrected chi connectivity index (χ1v) is 4.62. The number of nitrogens with two attached hydrogens (primary N) is 1. The third-order valence-electron chi connectivity index (χ3n) is 1.38. The second-order valence-electron chi connectivity index (χ2n) is 2.42. The molecule has 0 saturated heterocycles. The lowest BCUT2D eigenvalue weighted by Gasteiger charge is -2.10. The normalized spacial score (nSPS) is 11.0. The molecule has 0 aliphatic heterocycles. The van der Waals surface area contributed by atoms with Gasteiger partial charge in [-0.1, -0.05) is 20.8 Å². The largest absolute Gasteiger partial charge is 0.388 e. The fourth-order valence-corrected chi connectivity index (χ4v) is 0.555. The van der Waals surface area contributed by atoms with Gasteiger partial charge in [0.05, 0.1) is 12.4 Å². The van der Waals surface area contributed by atoms with Gasteiger partial charge in [0.1, 0.15) is 0 Å². The van der Waals surface area contributed by atoms with Gasteiger partial charge in [-0.05, 0) is 20.5 Å². The van der Waals surface area contributed by atoms with E-state index in [1.165, 1.54) is 0 Å². The molecule has 0 amide bonds. The fourth-order valence-electron chi connectivity index (χ4n) is 0.555. The third kappa shape index (κ3) is 12.1. The number of nitrogens with zero attached hydrogens (tertiary/aromatic N) is 2. The molecule has 0 rings (SSSR count). The standard InChI is InChI=1S/C7H17N3.C2H6/c1-4-10(3)6-5-9-7(2)8;1-2/h4-6H2,1-3H3,(H2,8,9);1-2H3. The molecule has 0 spiro atoms. The SMILES string of the molecule is CC.CCN(C)CCN=C(C)N. The van der Waals surface area contributed by atoms with Crippen LogP contribution in [-0.4, -0.2) is 37.4 Å². The second-order valence-corrected chi connectivity index (χ2v) is 2.42. The van der Waals surface area contributed by atoms with Gasteiger partial charge in [0.25, 0.3) is 0 Å². The van der Waals surface area contributed by atoms with Gasteiger partial charge in [0.2, 0.25) is 0 Å². The molecule has 0 aliphatic rings. The minimum absolute atomic E-state index is 0.671. The first-order chi connectivity index (χ1) is 5.66. The van der Waals surface area contributed by atoms with Crippen LogP contribution in [-0.2, 0) is 0 Å². The quantitative estimate of drug-likeness (QED) is 0.515. The molecule has 3 nitrogen and oxygen atoms in total. The topological polar surface area (TPSA) is 41.6 Å². The van der Waals surface area contributed by atoms with Crippen LogP contribution in [0.5, 0.6) is 0 Å². The number of hydrogen-bond acceptors (Lipinski definition) is 2. The summed E-state index contributed by atoms with van der Waals surface area (Å²) < 4.78 is 0. The highest BCUT2D eigenvalue weighted by Crippen LogP contribution is 1.80. The number of hydrogen-bond donors (Lipinski definition) is 1. The van der Waals surface area contributed by atoms with Crippen molar-refractivity contribution in [2.24, 2.45) is 10.7 Å². The summed E-state index contributed by atoms with van der Waals surface area (Å²) in [6, 6.07) is 0. The lowest BCUT2D eigenvalue weighted by atomic mass is 10.5. The first-order valence-electron chi connectivity index (χ1n) is 4.62. The lowest BCUT2D eigenvalue weighted by molar-refractivity contribution is 0.363. The molecule has 0 fully saturated rings. The molecule has 12 heavy (non-hydrogen) atoms. The Morgan fingerprint density at radius 2 is 1.92 bits per heavy atom. The minimum atomic E-state index is 0.671. The Balaban J connectivity index is 0. The molecule has 2 N–H and O–H groups in total. The maximum Gasteiger partial charge on any atom is 0.0906 e. The van der Waals surface area contributed by atoms with E-state index in [1.54, 1.807) is 0 Å². The van der Waals surface area contributed by atoms with Crippen molar-refractivity contribution in [2.75, 3.05) is 26.7 Å². The smallest absolute Gasteiger partial charge is 0.0906 e. The molecule has 0 heterocycles. The van der Waals surface area contributed by atoms with Crippen molar-refractivity contribution in [3.63, 3.8) is 0 Å². The molecule has 0 aromatic heterocycles. The molecule has 0 aromatic rings. The Bertz CT molecular complexity index is 106. The van der Waals surface area contributed by atoms with E-state index in [9.17, 15) is 0 Å². The Hall–Kier alpha value is -0.570. The molecule has 0 unspecified atom stereocenters. The van der Waals surface area contributed by atoms with E-state index in [-0.39, 0.29) is 0 Å². The van der Waals surface area contributed by atoms with Crippen molar-refractivity contribution in [3.8, 4) is 0 Å². The zero-order valence-electron chi connectivity index (χ0n) is 9.09. The van der Waals surface area contributed by atoms with Gasteiger partial charge in [0, 0.05) is 6.54 Å². The second kappa shape index (κ2) is 10.4. The van der Waals surface area contributed by atoms with Crippen LogP contribution in [0.25, 0.3) is 0 Å². The molecule has 74 valence electrons. The van der Waals surface area contributed by atoms with E-state index in [2.05, 4.69) is 23.9 Å². The number of amidine groups is 1. The van der Waals surface area contributed by atoms with Gasteiger partial charge in [0.15, 0.2) is 0 Å². The molecular weight excluding hydrogens is 150 g/mol. The Morgan fingerprint density at radius 3 is 2.25 bits per heavy atom. The van der Waals surface area contributed by atoms with E-state index < -0.39 is 0 Å². The Morgan fingerprint density at radius 1 is 1.42 bits per heavy atom. The van der Waals surface area contributed by atoms with Gasteiger partial charge < -0.3 is 10.6 Å². The average Bonchev–Trinajstić information content (AvgIpc) is 2.07. The highest BCUT2D eigenvalue weighted by molar-refractivity contribution is 5.77. The van der Waals surface area contributed by atoms with Crippen LogP contribution in [0.4, 0.5) is 0 Å². The number of rotatable bonds is 4. The molecule has 0 bridgehead atoms. The van der Waals surface area contributed by atoms with E-state index in [0.717, 1.165) is 19.6 Å². The van der Waals surface area contributed by atoms with Gasteiger partial charge in [-0.2, -0.15) is 0 Å². The van der Waals surface area contributed by atoms with Gasteiger partial charge in [-0.15, -0.1) is 0 Å². The number of likely N-dealkylation sites (N-methyl/N-ethyl adjacent to an activating group) is 1. The van der Waals surface area contributed by atoms with Gasteiger partial charge in [-0.25, -0.2) is 0 Å². The first kappa shape index (κ1) is 14.0. The van der Waals surface area contributed by atoms with Crippen LogP contribution < -0.4 is 5.73 Å². The molecule has 0 atom stereocenters. The lowest BCUT2D eigenvalue weighted by Crippen LogP contribution is -2.21. The molecule has 3 heteroatoms. The van der Waals surface area contributed by atoms with E-state index in [0.29, 0.717) is 5.84 Å². The summed E-state index contributed by atoms with van der Waals surface area (Å²) in [6.45, 7) is 10.8. The van der Waals surface area contributed by atoms with E-state index in [4.69, 9.17) is 5.73 Å². The summed E-state index contributed by atoms with van der Waals surface area (Å²) in [5.41, 5.74) is 5.35. The average molecular weight is 173 g/mol. The minimum Gasteiger partial charge on any atom is -0.388 e. The predicted molar refractivity (Wildman–Crippen MR) is 56.7 cm³/mol. The summed E-state index contributed by atoms with van der Waals surface area (Å²) in [5.74, 6) is 0.671. The van der Waals surface area contributed by atoms with Crippen molar-refractivity contribution in [1.29, 1.82) is 0 Å². The maximum absolute atomic E-state index is 5.35. The fraction of sp³-hybridized carbons (Fsp3) is 0.889. The van der Waals surface area contributed by atoms with E-state index in [1.807, 2.05) is 20.8 Å². The van der Waals surface area contributed by atoms with Crippen LogP contribution in [0.3, 0.4) is 0 Å². The van der Waals surface area contributed by atoms with Crippen LogP contribution >= 0.6 is 0 Å². The Labute approximate surface area is 76.7 Å². The molecule has 0 saturated carbocycles. The zero-order chi connectivity index (χ0) is 9.98. The van der Waals surface area contributed by atoms with E-state index >= 15 is 0 Å². The van der Waals surface area contributed by atoms with Crippen molar-refractivity contribution in [3.05, 3.63) is 0 Å². The van der Waals surface area contributed by atoms with Crippen LogP contribution in [0, 0.1) is 0 Å². The van der Waals surface area contributed by atoms with Crippen molar-refractivity contribution < 1.29 is 0 Å². The van der Waals surface area contributed by atoms with Crippen molar-refractivity contribution in [2.45, 2.75) is 27.7 Å². The predicted octanol–water partition coefficient (Wildman–Crippen LogP) is 1.34. The summed E-state index contributed by atoms with van der Waals surface area (Å²) >= 11 is 0. The highest BCUT2D eigenvalue weighted by atomic mass is 15.1. The van der Waals surface area contributed by atoms with Crippen molar-refractivity contribution in [1.82, 2.24) is 4.90 Å². The van der Waals surface area contributed by atoms with Gasteiger partial charge in [-0.3, -0.25) is 4.99 Å². The summed E-state index contributed by atoms with van der Waals surface area (Å²) in [6.07, 6.45) is 0. The Kier molecular flexibility index (Phi) is 12.2. The number of aliphatic imine (C=N–C) groups is 1. The summed E-state index contributed by atoms with van der Waals surface area (Å²) in [4.78, 5) is 6.27. The van der Waals surface area contributed by atoms with Crippen LogP contribution in [0.15, 0.2) is 4.99 Å². The highest BCUT2D eigenvalue weighted by Gasteiger charge is 1.90. The molecule has 0 aliphatic carbocycles. The van der Waals surface area contributed by atoms with Crippen LogP contribution in [0.2, 0.25) is 0 Å². The molecule has 0 aromatic carbocycles. The summed E-state index contributed by atoms with van der Waals surface area (Å²) in [7, 11) is 2.07. The maximum atomic E-state index is 5.35. The molecule has 0 radical (unpaired) electrons. The summed E-state index contributed by atoms with van der Waals surface area (Å²) in [5, 5.41) is 0. The van der Waals surface area contributed by atoms with Gasteiger partial charge >= 0.3 is 0 Å². The molecular formula is C9H23N3. The zero-order valence-corrected chi connectivity index (χ0v) is 9.09.